The fourth-order valence-corrected chi connectivity index (χ4v) is 4.31. The molecule has 2 aromatic heterocycles. The van der Waals surface area contributed by atoms with Gasteiger partial charge in [-0.3, -0.25) is 4.79 Å². The highest BCUT2D eigenvalue weighted by atomic mass is 32.1. The van der Waals surface area contributed by atoms with E-state index in [1.165, 1.54) is 4.88 Å². The number of piperazine rings is 1. The molecular weight excluding hydrogens is 372 g/mol. The van der Waals surface area contributed by atoms with Crippen LogP contribution in [0.15, 0.2) is 42.7 Å². The van der Waals surface area contributed by atoms with E-state index in [1.54, 1.807) is 17.7 Å². The van der Waals surface area contributed by atoms with Crippen molar-refractivity contribution in [1.29, 1.82) is 0 Å². The number of hydrogen-bond donors (Lipinski definition) is 0. The first-order valence-electron chi connectivity index (χ1n) is 9.62. The molecular formula is C21H24N4O2S. The zero-order valence-corrected chi connectivity index (χ0v) is 16.8. The molecule has 7 heteroatoms. The fraction of sp³-hybridized carbons (Fsp3) is 0.381. The van der Waals surface area contributed by atoms with Gasteiger partial charge in [-0.15, -0.1) is 11.3 Å². The third-order valence-corrected chi connectivity index (χ3v) is 5.87. The number of aryl methyl sites for hydroxylation is 1. The van der Waals surface area contributed by atoms with Gasteiger partial charge in [0.15, 0.2) is 0 Å². The zero-order valence-electron chi connectivity index (χ0n) is 16.0. The highest BCUT2D eigenvalue weighted by Gasteiger charge is 2.23. The van der Waals surface area contributed by atoms with Crippen molar-refractivity contribution in [2.45, 2.75) is 19.8 Å². The highest BCUT2D eigenvalue weighted by molar-refractivity contribution is 7.18. The number of rotatable bonds is 6. The summed E-state index contributed by atoms with van der Waals surface area (Å²) in [5.41, 5.74) is 0. The molecule has 0 radical (unpaired) electrons. The maximum atomic E-state index is 12.5. The Bertz CT molecular complexity index is 936. The lowest BCUT2D eigenvalue weighted by Crippen LogP contribution is -2.49. The molecule has 0 spiro atoms. The lowest BCUT2D eigenvalue weighted by molar-refractivity contribution is -0.131. The van der Waals surface area contributed by atoms with Crippen LogP contribution < -0.4 is 9.64 Å². The Morgan fingerprint density at radius 2 is 1.93 bits per heavy atom. The molecule has 3 heterocycles. The van der Waals surface area contributed by atoms with Gasteiger partial charge in [0.25, 0.3) is 0 Å². The van der Waals surface area contributed by atoms with Crippen LogP contribution in [-0.4, -0.2) is 53.6 Å². The van der Waals surface area contributed by atoms with Gasteiger partial charge in [-0.25, -0.2) is 9.97 Å². The molecule has 6 nitrogen and oxygen atoms in total. The number of hydrogen-bond acceptors (Lipinski definition) is 6. The number of thiophene rings is 1. The summed E-state index contributed by atoms with van der Waals surface area (Å²) >= 11 is 1.69. The van der Waals surface area contributed by atoms with Gasteiger partial charge in [-0.1, -0.05) is 18.2 Å². The number of anilines is 1. The van der Waals surface area contributed by atoms with E-state index < -0.39 is 0 Å². The molecule has 146 valence electrons. The molecule has 0 atom stereocenters. The average Bonchev–Trinajstić information content (AvgIpc) is 3.12. The second-order valence-electron chi connectivity index (χ2n) is 6.91. The van der Waals surface area contributed by atoms with E-state index in [4.69, 9.17) is 4.74 Å². The molecule has 0 unspecified atom stereocenters. The van der Waals surface area contributed by atoms with Crippen LogP contribution in [0.2, 0.25) is 0 Å². The Labute approximate surface area is 168 Å². The summed E-state index contributed by atoms with van der Waals surface area (Å²) in [6.07, 6.45) is 2.89. The summed E-state index contributed by atoms with van der Waals surface area (Å²) in [7, 11) is 0. The molecule has 28 heavy (non-hydrogen) atoms. The highest BCUT2D eigenvalue weighted by Crippen LogP contribution is 2.30. The Kier molecular flexibility index (Phi) is 5.71. The third kappa shape index (κ3) is 4.25. The van der Waals surface area contributed by atoms with E-state index in [2.05, 4.69) is 27.9 Å². The van der Waals surface area contributed by atoms with Gasteiger partial charge in [0, 0.05) is 37.5 Å². The first-order chi connectivity index (χ1) is 13.7. The summed E-state index contributed by atoms with van der Waals surface area (Å²) in [6.45, 7) is 5.71. The van der Waals surface area contributed by atoms with Crippen LogP contribution in [0.4, 0.5) is 5.82 Å². The molecule has 4 rings (SSSR count). The molecule has 1 saturated heterocycles. The van der Waals surface area contributed by atoms with E-state index in [9.17, 15) is 4.79 Å². The number of ether oxygens (including phenoxy) is 1. The van der Waals surface area contributed by atoms with Crippen molar-refractivity contribution in [2.75, 3.05) is 37.7 Å². The maximum absolute atomic E-state index is 12.5. The summed E-state index contributed by atoms with van der Waals surface area (Å²) < 4.78 is 5.67. The van der Waals surface area contributed by atoms with Crippen molar-refractivity contribution in [3.8, 4) is 5.75 Å². The van der Waals surface area contributed by atoms with Crippen LogP contribution in [0.25, 0.3) is 10.2 Å². The van der Waals surface area contributed by atoms with Crippen molar-refractivity contribution in [2.24, 2.45) is 0 Å². The van der Waals surface area contributed by atoms with Crippen molar-refractivity contribution in [3.05, 3.63) is 47.6 Å². The van der Waals surface area contributed by atoms with Crippen molar-refractivity contribution in [3.63, 3.8) is 0 Å². The van der Waals surface area contributed by atoms with Crippen LogP contribution in [0.1, 0.15) is 17.7 Å². The lowest BCUT2D eigenvalue weighted by atomic mass is 10.2. The summed E-state index contributed by atoms with van der Waals surface area (Å²) in [5.74, 6) is 2.04. The normalized spacial score (nSPS) is 14.5. The summed E-state index contributed by atoms with van der Waals surface area (Å²) in [4.78, 5) is 27.9. The number of nitrogens with zero attached hydrogens (tertiary/aromatic N) is 4. The lowest BCUT2D eigenvalue weighted by Gasteiger charge is -2.35. The quantitative estimate of drug-likeness (QED) is 0.597. The van der Waals surface area contributed by atoms with Gasteiger partial charge in [0.05, 0.1) is 12.0 Å². The summed E-state index contributed by atoms with van der Waals surface area (Å²) in [6, 6.07) is 11.9. The predicted molar refractivity (Wildman–Crippen MR) is 112 cm³/mol. The number of amides is 1. The Balaban J connectivity index is 1.26. The molecule has 0 N–H and O–H groups in total. The van der Waals surface area contributed by atoms with Crippen LogP contribution in [-0.2, 0) is 4.79 Å². The molecule has 0 saturated carbocycles. The fourth-order valence-electron chi connectivity index (χ4n) is 3.47. The minimum Gasteiger partial charge on any atom is -0.494 e. The number of fused-ring (bicyclic) bond motifs is 1. The van der Waals surface area contributed by atoms with E-state index in [0.717, 1.165) is 54.4 Å². The number of benzene rings is 1. The van der Waals surface area contributed by atoms with E-state index in [1.807, 2.05) is 35.2 Å². The van der Waals surface area contributed by atoms with Crippen LogP contribution in [0.5, 0.6) is 5.75 Å². The van der Waals surface area contributed by atoms with Gasteiger partial charge < -0.3 is 14.5 Å². The smallest absolute Gasteiger partial charge is 0.222 e. The minimum absolute atomic E-state index is 0.204. The topological polar surface area (TPSA) is 58.6 Å². The molecule has 0 aliphatic carbocycles. The van der Waals surface area contributed by atoms with Crippen molar-refractivity contribution >= 4 is 33.3 Å². The van der Waals surface area contributed by atoms with E-state index >= 15 is 0 Å². The van der Waals surface area contributed by atoms with Gasteiger partial charge in [-0.05, 0) is 31.5 Å². The molecule has 1 aromatic carbocycles. The molecule has 1 fully saturated rings. The Hall–Kier alpha value is -2.67. The largest absolute Gasteiger partial charge is 0.494 e. The zero-order chi connectivity index (χ0) is 19.3. The first-order valence-corrected chi connectivity index (χ1v) is 10.4. The van der Waals surface area contributed by atoms with E-state index in [-0.39, 0.29) is 5.91 Å². The second-order valence-corrected chi connectivity index (χ2v) is 8.14. The van der Waals surface area contributed by atoms with Crippen LogP contribution >= 0.6 is 11.3 Å². The average molecular weight is 397 g/mol. The molecule has 3 aromatic rings. The van der Waals surface area contributed by atoms with Crippen molar-refractivity contribution in [1.82, 2.24) is 14.9 Å². The minimum atomic E-state index is 0.204. The maximum Gasteiger partial charge on any atom is 0.222 e. The SMILES string of the molecule is Cc1cc2c(N3CCN(C(=O)CCCOc4ccccc4)CC3)ncnc2s1. The number of carbonyl (C=O) groups excluding carboxylic acids is 1. The molecule has 1 aliphatic rings. The van der Waals surface area contributed by atoms with E-state index in [0.29, 0.717) is 13.0 Å². The first kappa shape index (κ1) is 18.7. The Morgan fingerprint density at radius 1 is 1.14 bits per heavy atom. The van der Waals surface area contributed by atoms with Gasteiger partial charge >= 0.3 is 0 Å². The Morgan fingerprint density at radius 3 is 2.71 bits per heavy atom. The third-order valence-electron chi connectivity index (χ3n) is 4.91. The summed E-state index contributed by atoms with van der Waals surface area (Å²) in [5, 5.41) is 1.11. The number of carbonyl (C=O) groups is 1. The second kappa shape index (κ2) is 8.56. The predicted octanol–water partition coefficient (Wildman–Crippen LogP) is 3.51. The van der Waals surface area contributed by atoms with Crippen LogP contribution in [0, 0.1) is 6.92 Å². The van der Waals surface area contributed by atoms with Gasteiger partial charge in [0.1, 0.15) is 22.7 Å². The number of aromatic nitrogens is 2. The monoisotopic (exact) mass is 396 g/mol. The molecule has 1 amide bonds. The molecule has 1 aliphatic heterocycles. The van der Waals surface area contributed by atoms with Crippen molar-refractivity contribution < 1.29 is 9.53 Å². The van der Waals surface area contributed by atoms with Gasteiger partial charge in [0.2, 0.25) is 5.91 Å². The van der Waals surface area contributed by atoms with Crippen LogP contribution in [0.3, 0.4) is 0 Å². The standard InChI is InChI=1S/C21H24N4O2S/c1-16-14-18-20(22-15-23-21(18)28-16)25-11-9-24(10-12-25)19(26)8-5-13-27-17-6-3-2-4-7-17/h2-4,6-7,14-15H,5,8-13H2,1H3. The van der Waals surface area contributed by atoms with Gasteiger partial charge in [-0.2, -0.15) is 0 Å². The number of para-hydroxylation sites is 1. The molecule has 0 bridgehead atoms.